The first-order chi connectivity index (χ1) is 9.90. The number of aromatic carboxylic acids is 1. The lowest BCUT2D eigenvalue weighted by Crippen LogP contribution is -2.46. The lowest BCUT2D eigenvalue weighted by atomic mass is 9.94. The maximum Gasteiger partial charge on any atom is 0.339 e. The Hall–Kier alpha value is -2.24. The first-order valence-corrected chi connectivity index (χ1v) is 7.03. The molecule has 1 aromatic rings. The van der Waals surface area contributed by atoms with E-state index in [-0.39, 0.29) is 23.3 Å². The van der Waals surface area contributed by atoms with Crippen molar-refractivity contribution in [3.63, 3.8) is 0 Å². The zero-order chi connectivity index (χ0) is 15.6. The predicted octanol–water partition coefficient (Wildman–Crippen LogP) is 2.74. The van der Waals surface area contributed by atoms with Crippen molar-refractivity contribution in [2.24, 2.45) is 5.92 Å². The minimum atomic E-state index is -1.23. The van der Waals surface area contributed by atoms with Gasteiger partial charge in [-0.25, -0.2) is 9.59 Å². The van der Waals surface area contributed by atoms with E-state index >= 15 is 0 Å². The molecule has 0 radical (unpaired) electrons. The van der Waals surface area contributed by atoms with Crippen LogP contribution in [0, 0.1) is 5.92 Å². The summed E-state index contributed by atoms with van der Waals surface area (Å²) < 4.78 is 0. The smallest absolute Gasteiger partial charge is 0.339 e. The number of hydrogen-bond donors (Lipinski definition) is 3. The van der Waals surface area contributed by atoms with Gasteiger partial charge in [-0.2, -0.15) is 0 Å². The summed E-state index contributed by atoms with van der Waals surface area (Å²) in [5.74, 6) is -1.06. The van der Waals surface area contributed by atoms with Crippen LogP contribution >= 0.6 is 0 Å². The second-order valence-electron chi connectivity index (χ2n) is 5.61. The van der Waals surface area contributed by atoms with Crippen LogP contribution in [0.5, 0.6) is 5.75 Å². The van der Waals surface area contributed by atoms with Gasteiger partial charge in [0.05, 0.1) is 5.69 Å². The van der Waals surface area contributed by atoms with Crippen LogP contribution < -0.4 is 5.32 Å². The molecule has 3 N–H and O–H groups in total. The van der Waals surface area contributed by atoms with Gasteiger partial charge < -0.3 is 20.4 Å². The number of carboxylic acid groups (broad SMARTS) is 1. The molecule has 6 heteroatoms. The van der Waals surface area contributed by atoms with Crippen LogP contribution in [0.3, 0.4) is 0 Å². The van der Waals surface area contributed by atoms with E-state index in [0.717, 1.165) is 12.8 Å². The summed E-state index contributed by atoms with van der Waals surface area (Å²) in [5.41, 5.74) is -0.112. The summed E-state index contributed by atoms with van der Waals surface area (Å²) in [7, 11) is 0. The van der Waals surface area contributed by atoms with E-state index in [4.69, 9.17) is 5.11 Å². The number of nitrogens with one attached hydrogen (secondary N) is 1. The van der Waals surface area contributed by atoms with Crippen LogP contribution in [0.25, 0.3) is 0 Å². The van der Waals surface area contributed by atoms with E-state index in [1.54, 1.807) is 4.90 Å². The molecule has 0 bridgehead atoms. The molecule has 1 saturated heterocycles. The Kier molecular flexibility index (Phi) is 4.35. The number of carbonyl (C=O) groups excluding carboxylic acids is 1. The van der Waals surface area contributed by atoms with E-state index in [0.29, 0.717) is 12.5 Å². The third-order valence-corrected chi connectivity index (χ3v) is 3.91. The average Bonchev–Trinajstić information content (AvgIpc) is 2.40. The molecule has 1 aliphatic heterocycles. The summed E-state index contributed by atoms with van der Waals surface area (Å²) in [5, 5.41) is 21.5. The van der Waals surface area contributed by atoms with Gasteiger partial charge in [-0.05, 0) is 37.8 Å². The lowest BCUT2D eigenvalue weighted by molar-refractivity contribution is 0.0693. The topological polar surface area (TPSA) is 89.9 Å². The van der Waals surface area contributed by atoms with Crippen LogP contribution in [-0.4, -0.2) is 39.7 Å². The number of amides is 2. The molecule has 2 atom stereocenters. The number of carbonyl (C=O) groups is 2. The summed E-state index contributed by atoms with van der Waals surface area (Å²) in [6.07, 6.45) is 1.88. The van der Waals surface area contributed by atoms with Gasteiger partial charge in [0.15, 0.2) is 5.75 Å². The highest BCUT2D eigenvalue weighted by Crippen LogP contribution is 2.29. The Labute approximate surface area is 123 Å². The fourth-order valence-corrected chi connectivity index (χ4v) is 2.71. The molecule has 0 aliphatic carbocycles. The lowest BCUT2D eigenvalue weighted by Gasteiger charge is -2.36. The molecule has 21 heavy (non-hydrogen) atoms. The van der Waals surface area contributed by atoms with E-state index in [9.17, 15) is 14.7 Å². The number of benzene rings is 1. The quantitative estimate of drug-likeness (QED) is 0.731. The van der Waals surface area contributed by atoms with Crippen LogP contribution in [0.2, 0.25) is 0 Å². The highest BCUT2D eigenvalue weighted by molar-refractivity contribution is 5.97. The zero-order valence-electron chi connectivity index (χ0n) is 12.2. The molecule has 1 aliphatic rings. The maximum atomic E-state index is 12.3. The minimum Gasteiger partial charge on any atom is -0.505 e. The molecule has 114 valence electrons. The number of hydrogen-bond acceptors (Lipinski definition) is 3. The molecule has 1 heterocycles. The Morgan fingerprint density at radius 2 is 2.05 bits per heavy atom. The number of para-hydroxylation sites is 1. The Balaban J connectivity index is 2.13. The highest BCUT2D eigenvalue weighted by atomic mass is 16.4. The largest absolute Gasteiger partial charge is 0.505 e. The van der Waals surface area contributed by atoms with Crippen molar-refractivity contribution < 1.29 is 19.8 Å². The Morgan fingerprint density at radius 3 is 2.67 bits per heavy atom. The summed E-state index contributed by atoms with van der Waals surface area (Å²) in [6, 6.07) is 4.07. The normalized spacial score (nSPS) is 21.9. The highest BCUT2D eigenvalue weighted by Gasteiger charge is 2.27. The van der Waals surface area contributed by atoms with Gasteiger partial charge in [-0.1, -0.05) is 13.0 Å². The van der Waals surface area contributed by atoms with Gasteiger partial charge >= 0.3 is 12.0 Å². The molecule has 1 aromatic carbocycles. The summed E-state index contributed by atoms with van der Waals surface area (Å²) in [4.78, 5) is 25.0. The predicted molar refractivity (Wildman–Crippen MR) is 78.7 cm³/mol. The van der Waals surface area contributed by atoms with Crippen molar-refractivity contribution in [3.05, 3.63) is 23.8 Å². The number of aromatic hydroxyl groups is 1. The second-order valence-corrected chi connectivity index (χ2v) is 5.61. The van der Waals surface area contributed by atoms with E-state index in [2.05, 4.69) is 12.2 Å². The molecule has 2 amide bonds. The number of carboxylic acids is 1. The van der Waals surface area contributed by atoms with E-state index in [1.807, 2.05) is 6.92 Å². The van der Waals surface area contributed by atoms with Crippen molar-refractivity contribution in [2.75, 3.05) is 11.9 Å². The summed E-state index contributed by atoms with van der Waals surface area (Å²) >= 11 is 0. The van der Waals surface area contributed by atoms with Gasteiger partial charge in [0.1, 0.15) is 5.56 Å². The number of phenols is 1. The SMILES string of the molecule is CC1CCN(C(=O)Nc2cccc(C(=O)O)c2O)C(C)C1. The molecule has 2 unspecified atom stereocenters. The van der Waals surface area contributed by atoms with Crippen molar-refractivity contribution in [2.45, 2.75) is 32.7 Å². The molecular formula is C15H20N2O4. The van der Waals surface area contributed by atoms with E-state index in [1.165, 1.54) is 18.2 Å². The number of anilines is 1. The van der Waals surface area contributed by atoms with Gasteiger partial charge in [0.2, 0.25) is 0 Å². The number of urea groups is 1. The van der Waals surface area contributed by atoms with Crippen LogP contribution in [-0.2, 0) is 0 Å². The molecule has 0 spiro atoms. The average molecular weight is 292 g/mol. The van der Waals surface area contributed by atoms with E-state index < -0.39 is 11.7 Å². The van der Waals surface area contributed by atoms with Crippen molar-refractivity contribution in [3.8, 4) is 5.75 Å². The third-order valence-electron chi connectivity index (χ3n) is 3.91. The van der Waals surface area contributed by atoms with Gasteiger partial charge in [-0.15, -0.1) is 0 Å². The first-order valence-electron chi connectivity index (χ1n) is 7.03. The van der Waals surface area contributed by atoms with Gasteiger partial charge in [0, 0.05) is 12.6 Å². The molecule has 2 rings (SSSR count). The maximum absolute atomic E-state index is 12.3. The molecular weight excluding hydrogens is 272 g/mol. The molecule has 1 fully saturated rings. The Bertz CT molecular complexity index is 559. The fourth-order valence-electron chi connectivity index (χ4n) is 2.71. The number of nitrogens with zero attached hydrogens (tertiary/aromatic N) is 1. The van der Waals surface area contributed by atoms with Crippen LogP contribution in [0.4, 0.5) is 10.5 Å². The third kappa shape index (κ3) is 3.26. The monoisotopic (exact) mass is 292 g/mol. The number of likely N-dealkylation sites (tertiary alicyclic amines) is 1. The molecule has 6 nitrogen and oxygen atoms in total. The molecule has 0 saturated carbocycles. The Morgan fingerprint density at radius 1 is 1.33 bits per heavy atom. The van der Waals surface area contributed by atoms with Crippen LogP contribution in [0.15, 0.2) is 18.2 Å². The molecule has 0 aromatic heterocycles. The first kappa shape index (κ1) is 15.2. The zero-order valence-corrected chi connectivity index (χ0v) is 12.2. The second kappa shape index (κ2) is 6.03. The standard InChI is InChI=1S/C15H20N2O4/c1-9-6-7-17(10(2)8-9)15(21)16-12-5-3-4-11(13(12)18)14(19)20/h3-5,9-10,18H,6-8H2,1-2H3,(H,16,21)(H,19,20). The number of piperidine rings is 1. The van der Waals surface area contributed by atoms with Gasteiger partial charge in [0.25, 0.3) is 0 Å². The van der Waals surface area contributed by atoms with Crippen molar-refractivity contribution in [1.82, 2.24) is 4.90 Å². The fraction of sp³-hybridized carbons (Fsp3) is 0.467. The van der Waals surface area contributed by atoms with Crippen LogP contribution in [0.1, 0.15) is 37.0 Å². The van der Waals surface area contributed by atoms with Crippen molar-refractivity contribution >= 4 is 17.7 Å². The summed E-state index contributed by atoms with van der Waals surface area (Å²) in [6.45, 7) is 4.81. The number of rotatable bonds is 2. The van der Waals surface area contributed by atoms with Crippen molar-refractivity contribution in [1.29, 1.82) is 0 Å². The van der Waals surface area contributed by atoms with Gasteiger partial charge in [-0.3, -0.25) is 0 Å². The minimum absolute atomic E-state index is 0.116.